The van der Waals surface area contributed by atoms with Crippen LogP contribution in [0.3, 0.4) is 0 Å². The highest BCUT2D eigenvalue weighted by molar-refractivity contribution is 7.09. The SMILES string of the molecule is Cc1nc(CN2CCN(C(=O)CCn3ccc4ccccc43)CC2)cs1. The van der Waals surface area contributed by atoms with Crippen LogP contribution < -0.4 is 0 Å². The van der Waals surface area contributed by atoms with Crippen LogP contribution in [0.4, 0.5) is 0 Å². The smallest absolute Gasteiger partial charge is 0.224 e. The first-order chi connectivity index (χ1) is 12.7. The van der Waals surface area contributed by atoms with E-state index in [2.05, 4.69) is 44.2 Å². The molecule has 1 aliphatic heterocycles. The number of hydrogen-bond acceptors (Lipinski definition) is 4. The van der Waals surface area contributed by atoms with Crippen molar-refractivity contribution in [1.29, 1.82) is 0 Å². The fraction of sp³-hybridized carbons (Fsp3) is 0.400. The minimum Gasteiger partial charge on any atom is -0.347 e. The van der Waals surface area contributed by atoms with Crippen molar-refractivity contribution in [2.24, 2.45) is 0 Å². The molecule has 1 fully saturated rings. The lowest BCUT2D eigenvalue weighted by Crippen LogP contribution is -2.48. The van der Waals surface area contributed by atoms with E-state index in [9.17, 15) is 4.79 Å². The van der Waals surface area contributed by atoms with E-state index in [1.807, 2.05) is 24.0 Å². The number of fused-ring (bicyclic) bond motifs is 1. The zero-order valence-electron chi connectivity index (χ0n) is 15.1. The number of amides is 1. The summed E-state index contributed by atoms with van der Waals surface area (Å²) in [5.41, 5.74) is 2.34. The second-order valence-corrected chi connectivity index (χ2v) is 7.89. The van der Waals surface area contributed by atoms with Crippen LogP contribution in [0.15, 0.2) is 41.9 Å². The number of carbonyl (C=O) groups excluding carboxylic acids is 1. The van der Waals surface area contributed by atoms with Crippen LogP contribution in [0.5, 0.6) is 0 Å². The molecule has 0 atom stereocenters. The molecule has 2 aromatic heterocycles. The standard InChI is InChI=1S/C20H24N4OS/c1-16-21-18(15-26-16)14-22-10-12-24(13-11-22)20(25)7-9-23-8-6-17-4-2-3-5-19(17)23/h2-6,8,15H,7,9-14H2,1H3. The fourth-order valence-electron chi connectivity index (χ4n) is 3.58. The number of hydrogen-bond donors (Lipinski definition) is 0. The lowest BCUT2D eigenvalue weighted by atomic mass is 10.2. The Bertz CT molecular complexity index is 892. The van der Waals surface area contributed by atoms with Crippen molar-refractivity contribution in [3.63, 3.8) is 0 Å². The fourth-order valence-corrected chi connectivity index (χ4v) is 4.18. The van der Waals surface area contributed by atoms with Gasteiger partial charge in [-0.05, 0) is 24.4 Å². The molecule has 0 spiro atoms. The topological polar surface area (TPSA) is 41.4 Å². The van der Waals surface area contributed by atoms with Crippen molar-refractivity contribution in [2.45, 2.75) is 26.4 Å². The zero-order valence-corrected chi connectivity index (χ0v) is 15.9. The number of aromatic nitrogens is 2. The van der Waals surface area contributed by atoms with Gasteiger partial charge in [0.05, 0.1) is 10.7 Å². The number of piperazine rings is 1. The summed E-state index contributed by atoms with van der Waals surface area (Å²) in [5.74, 6) is 0.256. The van der Waals surface area contributed by atoms with E-state index >= 15 is 0 Å². The van der Waals surface area contributed by atoms with Crippen LogP contribution in [-0.2, 0) is 17.9 Å². The maximum atomic E-state index is 12.6. The molecular weight excluding hydrogens is 344 g/mol. The van der Waals surface area contributed by atoms with Gasteiger partial charge in [-0.15, -0.1) is 11.3 Å². The highest BCUT2D eigenvalue weighted by atomic mass is 32.1. The molecule has 1 aromatic carbocycles. The maximum Gasteiger partial charge on any atom is 0.224 e. The molecule has 136 valence electrons. The Labute approximate surface area is 157 Å². The largest absolute Gasteiger partial charge is 0.347 e. The average molecular weight is 369 g/mol. The number of rotatable bonds is 5. The average Bonchev–Trinajstić information content (AvgIpc) is 3.26. The normalized spacial score (nSPS) is 15.7. The van der Waals surface area contributed by atoms with Crippen molar-refractivity contribution in [3.05, 3.63) is 52.6 Å². The summed E-state index contributed by atoms with van der Waals surface area (Å²) in [5, 5.41) is 4.48. The van der Waals surface area contributed by atoms with Gasteiger partial charge in [0.1, 0.15) is 0 Å². The number of thiazole rings is 1. The van der Waals surface area contributed by atoms with Gasteiger partial charge in [-0.2, -0.15) is 0 Å². The molecule has 1 saturated heterocycles. The monoisotopic (exact) mass is 368 g/mol. The molecule has 0 N–H and O–H groups in total. The highest BCUT2D eigenvalue weighted by Gasteiger charge is 2.21. The van der Waals surface area contributed by atoms with Crippen molar-refractivity contribution < 1.29 is 4.79 Å². The van der Waals surface area contributed by atoms with Crippen LogP contribution in [0.25, 0.3) is 10.9 Å². The zero-order chi connectivity index (χ0) is 17.9. The quantitative estimate of drug-likeness (QED) is 0.695. The first kappa shape index (κ1) is 17.2. The number of para-hydroxylation sites is 1. The van der Waals surface area contributed by atoms with E-state index in [1.165, 1.54) is 10.9 Å². The van der Waals surface area contributed by atoms with E-state index in [0.717, 1.165) is 50.0 Å². The lowest BCUT2D eigenvalue weighted by molar-refractivity contribution is -0.133. The highest BCUT2D eigenvalue weighted by Crippen LogP contribution is 2.16. The molecule has 0 bridgehead atoms. The number of carbonyl (C=O) groups is 1. The van der Waals surface area contributed by atoms with Crippen molar-refractivity contribution in [2.75, 3.05) is 26.2 Å². The number of benzene rings is 1. The van der Waals surface area contributed by atoms with Crippen molar-refractivity contribution in [3.8, 4) is 0 Å². The molecule has 1 amide bonds. The van der Waals surface area contributed by atoms with Crippen LogP contribution in [0.2, 0.25) is 0 Å². The van der Waals surface area contributed by atoms with Gasteiger partial charge in [0.2, 0.25) is 5.91 Å². The van der Waals surface area contributed by atoms with Gasteiger partial charge >= 0.3 is 0 Å². The first-order valence-corrected chi connectivity index (χ1v) is 10.0. The number of aryl methyl sites for hydroxylation is 2. The third kappa shape index (κ3) is 3.81. The van der Waals surface area contributed by atoms with E-state index in [1.54, 1.807) is 11.3 Å². The second-order valence-electron chi connectivity index (χ2n) is 6.83. The molecule has 1 aliphatic rings. The summed E-state index contributed by atoms with van der Waals surface area (Å²) >= 11 is 1.70. The van der Waals surface area contributed by atoms with Crippen LogP contribution in [0, 0.1) is 6.92 Å². The molecule has 6 heteroatoms. The van der Waals surface area contributed by atoms with Gasteiger partial charge in [0.15, 0.2) is 0 Å². The van der Waals surface area contributed by atoms with Gasteiger partial charge in [0.25, 0.3) is 0 Å². The predicted molar refractivity (Wildman–Crippen MR) is 105 cm³/mol. The summed E-state index contributed by atoms with van der Waals surface area (Å²) in [7, 11) is 0. The third-order valence-corrected chi connectivity index (χ3v) is 5.85. The van der Waals surface area contributed by atoms with E-state index in [4.69, 9.17) is 0 Å². The molecule has 26 heavy (non-hydrogen) atoms. The Morgan fingerprint density at radius 2 is 1.96 bits per heavy atom. The molecule has 3 aromatic rings. The summed E-state index contributed by atoms with van der Waals surface area (Å²) in [6, 6.07) is 10.4. The van der Waals surface area contributed by atoms with Crippen LogP contribution in [-0.4, -0.2) is 51.4 Å². The Morgan fingerprint density at radius 1 is 1.15 bits per heavy atom. The van der Waals surface area contributed by atoms with Gasteiger partial charge in [-0.25, -0.2) is 4.98 Å². The second kappa shape index (κ2) is 7.60. The minimum atomic E-state index is 0.256. The van der Waals surface area contributed by atoms with E-state index in [-0.39, 0.29) is 5.91 Å². The first-order valence-electron chi connectivity index (χ1n) is 9.14. The Kier molecular flexibility index (Phi) is 5.04. The number of nitrogens with zero attached hydrogens (tertiary/aromatic N) is 4. The van der Waals surface area contributed by atoms with Crippen LogP contribution >= 0.6 is 11.3 Å². The van der Waals surface area contributed by atoms with Crippen molar-refractivity contribution in [1.82, 2.24) is 19.4 Å². The van der Waals surface area contributed by atoms with E-state index < -0.39 is 0 Å². The minimum absolute atomic E-state index is 0.256. The van der Waals surface area contributed by atoms with Gasteiger partial charge in [-0.1, -0.05) is 18.2 Å². The maximum absolute atomic E-state index is 12.6. The Hall–Kier alpha value is -2.18. The summed E-state index contributed by atoms with van der Waals surface area (Å²) in [6.07, 6.45) is 2.63. The molecule has 0 saturated carbocycles. The summed E-state index contributed by atoms with van der Waals surface area (Å²) in [4.78, 5) is 21.5. The van der Waals surface area contributed by atoms with Gasteiger partial charge in [-0.3, -0.25) is 9.69 Å². The van der Waals surface area contributed by atoms with Gasteiger partial charge < -0.3 is 9.47 Å². The molecule has 4 rings (SSSR count). The molecule has 3 heterocycles. The van der Waals surface area contributed by atoms with Crippen LogP contribution in [0.1, 0.15) is 17.1 Å². The molecule has 0 radical (unpaired) electrons. The lowest BCUT2D eigenvalue weighted by Gasteiger charge is -2.34. The van der Waals surface area contributed by atoms with Crippen molar-refractivity contribution >= 4 is 28.1 Å². The molecular formula is C20H24N4OS. The Balaban J connectivity index is 1.27. The molecule has 0 aliphatic carbocycles. The summed E-state index contributed by atoms with van der Waals surface area (Å²) in [6.45, 7) is 7.15. The molecule has 0 unspecified atom stereocenters. The van der Waals surface area contributed by atoms with E-state index in [0.29, 0.717) is 6.42 Å². The predicted octanol–water partition coefficient (Wildman–Crippen LogP) is 3.14. The molecule has 5 nitrogen and oxygen atoms in total. The summed E-state index contributed by atoms with van der Waals surface area (Å²) < 4.78 is 2.17. The Morgan fingerprint density at radius 3 is 2.73 bits per heavy atom. The third-order valence-electron chi connectivity index (χ3n) is 5.02. The van der Waals surface area contributed by atoms with Gasteiger partial charge in [0, 0.05) is 62.8 Å².